The third-order valence-corrected chi connectivity index (χ3v) is 3.30. The number of hydrogen-bond donors (Lipinski definition) is 1. The van der Waals surface area contributed by atoms with Gasteiger partial charge < -0.3 is 0 Å². The number of carbonyl (C=O) groups excluding carboxylic acids is 1. The molecular formula is C14H20N2O. The van der Waals surface area contributed by atoms with Crippen LogP contribution in [0.4, 0.5) is 0 Å². The average molecular weight is 232 g/mol. The number of benzene rings is 1. The van der Waals surface area contributed by atoms with Crippen molar-refractivity contribution in [1.29, 1.82) is 0 Å². The van der Waals surface area contributed by atoms with Crippen LogP contribution in [0, 0.1) is 0 Å². The number of hydrazine groups is 1. The summed E-state index contributed by atoms with van der Waals surface area (Å²) in [5.41, 5.74) is 4.30. The minimum absolute atomic E-state index is 0.0678. The molecule has 1 atom stereocenters. The second-order valence-corrected chi connectivity index (χ2v) is 4.59. The first kappa shape index (κ1) is 12.1. The zero-order chi connectivity index (χ0) is 12.1. The fourth-order valence-electron chi connectivity index (χ4n) is 2.17. The fourth-order valence-corrected chi connectivity index (χ4v) is 2.17. The summed E-state index contributed by atoms with van der Waals surface area (Å²) in [5.74, 6) is 0.111. The molecule has 1 amide bonds. The molecule has 0 aliphatic carbocycles. The van der Waals surface area contributed by atoms with E-state index in [-0.39, 0.29) is 11.8 Å². The Morgan fingerprint density at radius 3 is 2.76 bits per heavy atom. The largest absolute Gasteiger partial charge is 0.278 e. The van der Waals surface area contributed by atoms with Gasteiger partial charge in [0.15, 0.2) is 0 Å². The lowest BCUT2D eigenvalue weighted by Gasteiger charge is -2.24. The summed E-state index contributed by atoms with van der Waals surface area (Å²) in [4.78, 5) is 12.3. The summed E-state index contributed by atoms with van der Waals surface area (Å²) < 4.78 is 0. The van der Waals surface area contributed by atoms with Crippen LogP contribution in [0.25, 0.3) is 0 Å². The van der Waals surface area contributed by atoms with Crippen LogP contribution in [0.5, 0.6) is 0 Å². The van der Waals surface area contributed by atoms with Crippen LogP contribution in [0.15, 0.2) is 30.3 Å². The van der Waals surface area contributed by atoms with Crippen molar-refractivity contribution in [3.8, 4) is 0 Å². The second kappa shape index (κ2) is 5.82. The number of rotatable bonds is 2. The van der Waals surface area contributed by atoms with E-state index in [4.69, 9.17) is 0 Å². The van der Waals surface area contributed by atoms with E-state index in [1.165, 1.54) is 6.42 Å². The van der Waals surface area contributed by atoms with Gasteiger partial charge in [0.2, 0.25) is 5.91 Å². The molecule has 2 rings (SSSR count). The highest BCUT2D eigenvalue weighted by atomic mass is 16.2. The normalized spacial score (nSPS) is 18.5. The first-order chi connectivity index (χ1) is 8.29. The van der Waals surface area contributed by atoms with Crippen LogP contribution < -0.4 is 5.43 Å². The van der Waals surface area contributed by atoms with Gasteiger partial charge in [-0.15, -0.1) is 0 Å². The summed E-state index contributed by atoms with van der Waals surface area (Å²) in [5, 5.41) is 1.80. The van der Waals surface area contributed by atoms with Crippen molar-refractivity contribution in [2.24, 2.45) is 0 Å². The Morgan fingerprint density at radius 1 is 1.24 bits per heavy atom. The van der Waals surface area contributed by atoms with Gasteiger partial charge in [-0.3, -0.25) is 9.80 Å². The molecule has 1 saturated heterocycles. The summed E-state index contributed by atoms with van der Waals surface area (Å²) in [6, 6.07) is 9.97. The maximum atomic E-state index is 12.3. The van der Waals surface area contributed by atoms with Crippen molar-refractivity contribution < 1.29 is 4.79 Å². The summed E-state index contributed by atoms with van der Waals surface area (Å²) in [6.45, 7) is 3.72. The van der Waals surface area contributed by atoms with Gasteiger partial charge in [0.25, 0.3) is 0 Å². The molecule has 0 spiro atoms. The van der Waals surface area contributed by atoms with Crippen LogP contribution in [0.1, 0.15) is 37.7 Å². The quantitative estimate of drug-likeness (QED) is 0.848. The van der Waals surface area contributed by atoms with Crippen LogP contribution in [-0.2, 0) is 4.79 Å². The Morgan fingerprint density at radius 2 is 2.00 bits per heavy atom. The van der Waals surface area contributed by atoms with Crippen molar-refractivity contribution in [2.45, 2.75) is 32.1 Å². The molecule has 0 aromatic heterocycles. The lowest BCUT2D eigenvalue weighted by atomic mass is 10.0. The van der Waals surface area contributed by atoms with E-state index >= 15 is 0 Å². The summed E-state index contributed by atoms with van der Waals surface area (Å²) in [7, 11) is 0. The molecule has 1 N–H and O–H groups in total. The molecule has 0 bridgehead atoms. The maximum Gasteiger partial charge on any atom is 0.243 e. The average Bonchev–Trinajstić information content (AvgIpc) is 2.67. The van der Waals surface area contributed by atoms with E-state index in [1.807, 2.05) is 37.3 Å². The predicted molar refractivity (Wildman–Crippen MR) is 68.4 cm³/mol. The van der Waals surface area contributed by atoms with E-state index in [0.29, 0.717) is 0 Å². The first-order valence-corrected chi connectivity index (χ1v) is 6.39. The Hall–Kier alpha value is -1.35. The van der Waals surface area contributed by atoms with Crippen LogP contribution >= 0.6 is 0 Å². The molecule has 0 radical (unpaired) electrons. The van der Waals surface area contributed by atoms with Crippen molar-refractivity contribution in [2.75, 3.05) is 13.1 Å². The summed E-state index contributed by atoms with van der Waals surface area (Å²) in [6.07, 6.45) is 3.46. The summed E-state index contributed by atoms with van der Waals surface area (Å²) >= 11 is 0. The highest BCUT2D eigenvalue weighted by Crippen LogP contribution is 2.17. The highest BCUT2D eigenvalue weighted by molar-refractivity contribution is 5.82. The molecule has 1 aliphatic rings. The van der Waals surface area contributed by atoms with Crippen molar-refractivity contribution >= 4 is 5.91 Å². The third-order valence-electron chi connectivity index (χ3n) is 3.30. The second-order valence-electron chi connectivity index (χ2n) is 4.59. The predicted octanol–water partition coefficient (Wildman–Crippen LogP) is 2.31. The van der Waals surface area contributed by atoms with Crippen molar-refractivity contribution in [3.05, 3.63) is 35.9 Å². The molecule has 1 aliphatic heterocycles. The Bertz CT molecular complexity index is 356. The lowest BCUT2D eigenvalue weighted by Crippen LogP contribution is -2.44. The van der Waals surface area contributed by atoms with Gasteiger partial charge in [0, 0.05) is 13.1 Å². The molecule has 1 unspecified atom stereocenters. The standard InChI is InChI=1S/C14H20N2O/c1-12(13-8-4-2-5-9-13)14(17)16-11-7-3-6-10-15-16/h2,4-5,8-9,12,15H,3,6-7,10-11H2,1H3. The molecule has 0 saturated carbocycles. The van der Waals surface area contributed by atoms with Gasteiger partial charge in [-0.25, -0.2) is 5.43 Å². The van der Waals surface area contributed by atoms with E-state index < -0.39 is 0 Å². The van der Waals surface area contributed by atoms with E-state index in [0.717, 1.165) is 31.5 Å². The van der Waals surface area contributed by atoms with Crippen LogP contribution in [-0.4, -0.2) is 24.0 Å². The number of amides is 1. The van der Waals surface area contributed by atoms with Crippen LogP contribution in [0.3, 0.4) is 0 Å². The number of hydrogen-bond acceptors (Lipinski definition) is 2. The van der Waals surface area contributed by atoms with Gasteiger partial charge in [0.1, 0.15) is 0 Å². The zero-order valence-electron chi connectivity index (χ0n) is 10.4. The number of nitrogens with one attached hydrogen (secondary N) is 1. The van der Waals surface area contributed by atoms with Gasteiger partial charge in [-0.1, -0.05) is 36.8 Å². The maximum absolute atomic E-state index is 12.3. The minimum Gasteiger partial charge on any atom is -0.278 e. The molecule has 3 nitrogen and oxygen atoms in total. The van der Waals surface area contributed by atoms with Gasteiger partial charge in [-0.05, 0) is 25.3 Å². The topological polar surface area (TPSA) is 32.3 Å². The van der Waals surface area contributed by atoms with Crippen molar-refractivity contribution in [3.63, 3.8) is 0 Å². The number of nitrogens with zero attached hydrogens (tertiary/aromatic N) is 1. The van der Waals surface area contributed by atoms with Crippen LogP contribution in [0.2, 0.25) is 0 Å². The van der Waals surface area contributed by atoms with Gasteiger partial charge in [-0.2, -0.15) is 0 Å². The SMILES string of the molecule is CC(C(=O)N1CCCCCN1)c1ccccc1. The highest BCUT2D eigenvalue weighted by Gasteiger charge is 2.22. The van der Waals surface area contributed by atoms with Gasteiger partial charge in [0.05, 0.1) is 5.92 Å². The van der Waals surface area contributed by atoms with Crippen molar-refractivity contribution in [1.82, 2.24) is 10.4 Å². The Kier molecular flexibility index (Phi) is 4.15. The molecule has 1 aromatic carbocycles. The molecule has 17 heavy (non-hydrogen) atoms. The molecular weight excluding hydrogens is 212 g/mol. The monoisotopic (exact) mass is 232 g/mol. The first-order valence-electron chi connectivity index (χ1n) is 6.39. The van der Waals surface area contributed by atoms with Gasteiger partial charge >= 0.3 is 0 Å². The number of carbonyl (C=O) groups is 1. The van der Waals surface area contributed by atoms with E-state index in [1.54, 1.807) is 5.01 Å². The zero-order valence-corrected chi connectivity index (χ0v) is 10.4. The minimum atomic E-state index is -0.0678. The smallest absolute Gasteiger partial charge is 0.243 e. The third kappa shape index (κ3) is 3.07. The molecule has 1 fully saturated rings. The lowest BCUT2D eigenvalue weighted by molar-refractivity contribution is -0.135. The molecule has 1 heterocycles. The molecule has 3 heteroatoms. The molecule has 92 valence electrons. The Balaban J connectivity index is 2.03. The fraction of sp³-hybridized carbons (Fsp3) is 0.500. The van der Waals surface area contributed by atoms with E-state index in [2.05, 4.69) is 5.43 Å². The molecule has 1 aromatic rings. The van der Waals surface area contributed by atoms with E-state index in [9.17, 15) is 4.79 Å². The Labute approximate surface area is 103 Å².